The van der Waals surface area contributed by atoms with E-state index in [1.54, 1.807) is 4.68 Å². The molecule has 0 aliphatic carbocycles. The van der Waals surface area contributed by atoms with Crippen LogP contribution in [0.3, 0.4) is 0 Å². The molecule has 1 aromatic carbocycles. The SMILES string of the molecule is Cc1nc2c(cc1C(=O)N1C[C@@H](N)[C@H](c3ccccc3)C1)c(C)nn2C. The maximum atomic E-state index is 13.2. The van der Waals surface area contributed by atoms with Gasteiger partial charge in [0.2, 0.25) is 0 Å². The van der Waals surface area contributed by atoms with Crippen molar-refractivity contribution < 1.29 is 4.79 Å². The number of fused-ring (bicyclic) bond motifs is 1. The van der Waals surface area contributed by atoms with Crippen molar-refractivity contribution >= 4 is 16.9 Å². The first-order valence-corrected chi connectivity index (χ1v) is 8.86. The Hall–Kier alpha value is -2.73. The zero-order valence-corrected chi connectivity index (χ0v) is 15.3. The lowest BCUT2D eigenvalue weighted by atomic mass is 9.95. The number of rotatable bonds is 2. The Morgan fingerprint density at radius 2 is 1.88 bits per heavy atom. The summed E-state index contributed by atoms with van der Waals surface area (Å²) in [5.74, 6) is 0.159. The Kier molecular flexibility index (Phi) is 4.00. The number of nitrogens with two attached hydrogens (primary N) is 1. The van der Waals surface area contributed by atoms with Crippen LogP contribution in [0.2, 0.25) is 0 Å². The van der Waals surface area contributed by atoms with Crippen molar-refractivity contribution in [2.45, 2.75) is 25.8 Å². The van der Waals surface area contributed by atoms with Crippen LogP contribution in [0.15, 0.2) is 36.4 Å². The topological polar surface area (TPSA) is 77.0 Å². The lowest BCUT2D eigenvalue weighted by Crippen LogP contribution is -2.32. The molecule has 4 rings (SSSR count). The molecule has 0 unspecified atom stereocenters. The maximum Gasteiger partial charge on any atom is 0.255 e. The highest BCUT2D eigenvalue weighted by Crippen LogP contribution is 2.28. The molecule has 26 heavy (non-hydrogen) atoms. The predicted octanol–water partition coefficient (Wildman–Crippen LogP) is 2.15. The molecule has 1 aliphatic rings. The highest BCUT2D eigenvalue weighted by Gasteiger charge is 2.35. The van der Waals surface area contributed by atoms with Gasteiger partial charge in [-0.15, -0.1) is 0 Å². The summed E-state index contributed by atoms with van der Waals surface area (Å²) in [7, 11) is 1.87. The quantitative estimate of drug-likeness (QED) is 0.769. The second-order valence-electron chi connectivity index (χ2n) is 7.09. The minimum Gasteiger partial charge on any atom is -0.336 e. The van der Waals surface area contributed by atoms with E-state index in [1.807, 2.05) is 50.1 Å². The molecule has 1 saturated heterocycles. The standard InChI is InChI=1S/C20H23N5O/c1-12-16(9-15-13(2)23-24(3)19(15)22-12)20(26)25-10-17(18(21)11-25)14-7-5-4-6-8-14/h4-9,17-18H,10-11,21H2,1-3H3/t17-,18+/m0/s1. The number of hydrogen-bond acceptors (Lipinski definition) is 4. The van der Waals surface area contributed by atoms with Crippen LogP contribution in [0.25, 0.3) is 11.0 Å². The van der Waals surface area contributed by atoms with Gasteiger partial charge in [0.25, 0.3) is 5.91 Å². The highest BCUT2D eigenvalue weighted by atomic mass is 16.2. The van der Waals surface area contributed by atoms with Gasteiger partial charge in [-0.05, 0) is 25.5 Å². The van der Waals surface area contributed by atoms with E-state index in [4.69, 9.17) is 5.73 Å². The summed E-state index contributed by atoms with van der Waals surface area (Å²) in [6.07, 6.45) is 0. The van der Waals surface area contributed by atoms with Gasteiger partial charge in [0, 0.05) is 37.5 Å². The van der Waals surface area contributed by atoms with Gasteiger partial charge in [0.15, 0.2) is 5.65 Å². The van der Waals surface area contributed by atoms with Crippen molar-refractivity contribution in [2.24, 2.45) is 12.8 Å². The van der Waals surface area contributed by atoms with Gasteiger partial charge in [-0.3, -0.25) is 9.48 Å². The normalized spacial score (nSPS) is 20.1. The monoisotopic (exact) mass is 349 g/mol. The number of nitrogens with zero attached hydrogens (tertiary/aromatic N) is 4. The summed E-state index contributed by atoms with van der Waals surface area (Å²) in [6, 6.07) is 12.0. The molecule has 134 valence electrons. The average molecular weight is 349 g/mol. The third-order valence-electron chi connectivity index (χ3n) is 5.30. The zero-order valence-electron chi connectivity index (χ0n) is 15.3. The molecule has 2 N–H and O–H groups in total. The van der Waals surface area contributed by atoms with Gasteiger partial charge < -0.3 is 10.6 Å². The Morgan fingerprint density at radius 3 is 2.62 bits per heavy atom. The molecule has 1 amide bonds. The molecule has 6 nitrogen and oxygen atoms in total. The number of aryl methyl sites for hydroxylation is 3. The molecule has 0 saturated carbocycles. The Bertz CT molecular complexity index is 979. The number of aromatic nitrogens is 3. The van der Waals surface area contributed by atoms with E-state index in [0.29, 0.717) is 18.7 Å². The molecule has 3 heterocycles. The second-order valence-corrected chi connectivity index (χ2v) is 7.09. The fourth-order valence-electron chi connectivity index (χ4n) is 3.87. The Labute approximate surface area is 152 Å². The summed E-state index contributed by atoms with van der Waals surface area (Å²) in [6.45, 7) is 5.00. The summed E-state index contributed by atoms with van der Waals surface area (Å²) in [4.78, 5) is 19.6. The van der Waals surface area contributed by atoms with Crippen molar-refractivity contribution in [2.75, 3.05) is 13.1 Å². The van der Waals surface area contributed by atoms with Crippen LogP contribution < -0.4 is 5.73 Å². The number of pyridine rings is 1. The number of carbonyl (C=O) groups excluding carboxylic acids is 1. The van der Waals surface area contributed by atoms with Crippen LogP contribution in [-0.4, -0.2) is 44.7 Å². The van der Waals surface area contributed by atoms with Gasteiger partial charge in [-0.25, -0.2) is 4.98 Å². The Morgan fingerprint density at radius 1 is 1.15 bits per heavy atom. The molecule has 2 aromatic heterocycles. The van der Waals surface area contributed by atoms with Crippen LogP contribution >= 0.6 is 0 Å². The second kappa shape index (κ2) is 6.21. The smallest absolute Gasteiger partial charge is 0.255 e. The number of amides is 1. The van der Waals surface area contributed by atoms with Crippen molar-refractivity contribution in [1.29, 1.82) is 0 Å². The summed E-state index contributed by atoms with van der Waals surface area (Å²) < 4.78 is 1.75. The number of benzene rings is 1. The molecule has 1 fully saturated rings. The largest absolute Gasteiger partial charge is 0.336 e. The minimum absolute atomic E-state index is 0.00552. The van der Waals surface area contributed by atoms with Crippen molar-refractivity contribution in [3.05, 3.63) is 58.9 Å². The van der Waals surface area contributed by atoms with Gasteiger partial charge >= 0.3 is 0 Å². The highest BCUT2D eigenvalue weighted by molar-refractivity contribution is 5.99. The van der Waals surface area contributed by atoms with Crippen LogP contribution in [0.4, 0.5) is 0 Å². The molecular formula is C20H23N5O. The molecule has 0 bridgehead atoms. The third-order valence-corrected chi connectivity index (χ3v) is 5.30. The predicted molar refractivity (Wildman–Crippen MR) is 101 cm³/mol. The first kappa shape index (κ1) is 16.7. The van der Waals surface area contributed by atoms with E-state index >= 15 is 0 Å². The fraction of sp³-hybridized carbons (Fsp3) is 0.350. The zero-order chi connectivity index (χ0) is 18.4. The van der Waals surface area contributed by atoms with Crippen LogP contribution in [0, 0.1) is 13.8 Å². The van der Waals surface area contributed by atoms with Crippen molar-refractivity contribution in [3.63, 3.8) is 0 Å². The van der Waals surface area contributed by atoms with Gasteiger partial charge in [0.05, 0.1) is 17.0 Å². The Balaban J connectivity index is 1.65. The lowest BCUT2D eigenvalue weighted by Gasteiger charge is -2.17. The lowest BCUT2D eigenvalue weighted by molar-refractivity contribution is 0.0788. The molecule has 2 atom stereocenters. The number of hydrogen-bond donors (Lipinski definition) is 1. The third kappa shape index (κ3) is 2.66. The first-order valence-electron chi connectivity index (χ1n) is 8.86. The van der Waals surface area contributed by atoms with Gasteiger partial charge in [0.1, 0.15) is 0 Å². The molecule has 0 radical (unpaired) electrons. The van der Waals surface area contributed by atoms with E-state index in [-0.39, 0.29) is 17.9 Å². The van der Waals surface area contributed by atoms with E-state index < -0.39 is 0 Å². The van der Waals surface area contributed by atoms with E-state index in [1.165, 1.54) is 5.56 Å². The van der Waals surface area contributed by atoms with Gasteiger partial charge in [-0.1, -0.05) is 30.3 Å². The summed E-state index contributed by atoms with van der Waals surface area (Å²) in [5, 5.41) is 5.32. The maximum absolute atomic E-state index is 13.2. The van der Waals surface area contributed by atoms with Gasteiger partial charge in [-0.2, -0.15) is 5.10 Å². The number of carbonyl (C=O) groups is 1. The molecule has 1 aliphatic heterocycles. The number of likely N-dealkylation sites (tertiary alicyclic amines) is 1. The fourth-order valence-corrected chi connectivity index (χ4v) is 3.87. The van der Waals surface area contributed by atoms with Crippen molar-refractivity contribution in [1.82, 2.24) is 19.7 Å². The van der Waals surface area contributed by atoms with E-state index in [9.17, 15) is 4.79 Å². The van der Waals surface area contributed by atoms with Crippen molar-refractivity contribution in [3.8, 4) is 0 Å². The van der Waals surface area contributed by atoms with E-state index in [2.05, 4.69) is 22.2 Å². The molecule has 3 aromatic rings. The minimum atomic E-state index is -0.0570. The van der Waals surface area contributed by atoms with Crippen LogP contribution in [0.5, 0.6) is 0 Å². The van der Waals surface area contributed by atoms with Crippen LogP contribution in [-0.2, 0) is 7.05 Å². The molecule has 6 heteroatoms. The first-order chi connectivity index (χ1) is 12.5. The summed E-state index contributed by atoms with van der Waals surface area (Å²) in [5.41, 5.74) is 10.6. The average Bonchev–Trinajstić information content (AvgIpc) is 3.15. The molecular weight excluding hydrogens is 326 g/mol. The molecule has 0 spiro atoms. The van der Waals surface area contributed by atoms with E-state index in [0.717, 1.165) is 22.4 Å². The van der Waals surface area contributed by atoms with Crippen LogP contribution in [0.1, 0.15) is 33.2 Å². The summed E-state index contributed by atoms with van der Waals surface area (Å²) >= 11 is 0.